The van der Waals surface area contributed by atoms with Crippen LogP contribution in [0.2, 0.25) is 0 Å². The smallest absolute Gasteiger partial charge is 0.238 e. The molecule has 0 aromatic heterocycles. The van der Waals surface area contributed by atoms with Crippen LogP contribution in [0.1, 0.15) is 56.9 Å². The molecule has 0 aliphatic carbocycles. The Morgan fingerprint density at radius 2 is 1.52 bits per heavy atom. The van der Waals surface area contributed by atoms with Crippen LogP contribution in [0.15, 0.2) is 24.3 Å². The summed E-state index contributed by atoms with van der Waals surface area (Å²) in [4.78, 5) is 0. The minimum absolute atomic E-state index is 0.0564. The quantitative estimate of drug-likeness (QED) is 0.311. The average molecular weight is 363 g/mol. The molecule has 0 amide bonds. The molecule has 0 saturated carbocycles. The van der Waals surface area contributed by atoms with Gasteiger partial charge in [0.2, 0.25) is 6.43 Å². The monoisotopic (exact) mass is 362 g/mol. The lowest BCUT2D eigenvalue weighted by Crippen LogP contribution is -1.99. The van der Waals surface area contributed by atoms with Gasteiger partial charge < -0.3 is 4.74 Å². The molecule has 1 rings (SSSR count). The Morgan fingerprint density at radius 3 is 2.19 bits per heavy atom. The van der Waals surface area contributed by atoms with Gasteiger partial charge in [-0.15, -0.1) is 0 Å². The fourth-order valence-electron chi connectivity index (χ4n) is 2.22. The van der Waals surface area contributed by atoms with Gasteiger partial charge in [0.1, 0.15) is 5.75 Å². The highest BCUT2D eigenvalue weighted by Gasteiger charge is 2.02. The van der Waals surface area contributed by atoms with Crippen molar-refractivity contribution >= 4 is 15.9 Å². The molecule has 0 bridgehead atoms. The summed E-state index contributed by atoms with van der Waals surface area (Å²) < 4.78 is 29.6. The van der Waals surface area contributed by atoms with Crippen molar-refractivity contribution in [1.29, 1.82) is 0 Å². The molecule has 0 radical (unpaired) electrons. The van der Waals surface area contributed by atoms with E-state index in [-0.39, 0.29) is 6.42 Å². The van der Waals surface area contributed by atoms with Crippen molar-refractivity contribution in [3.05, 3.63) is 29.8 Å². The number of hydrogen-bond donors (Lipinski definition) is 0. The van der Waals surface area contributed by atoms with Crippen molar-refractivity contribution in [3.8, 4) is 5.75 Å². The van der Waals surface area contributed by atoms with E-state index in [9.17, 15) is 8.78 Å². The van der Waals surface area contributed by atoms with Crippen molar-refractivity contribution in [1.82, 2.24) is 0 Å². The third-order valence-electron chi connectivity index (χ3n) is 3.44. The predicted molar refractivity (Wildman–Crippen MR) is 87.5 cm³/mol. The van der Waals surface area contributed by atoms with Crippen LogP contribution in [0.4, 0.5) is 8.78 Å². The SMILES string of the molecule is FC(F)CCCCCCCCCOc1ccccc1CBr. The number of alkyl halides is 3. The molecule has 0 saturated heterocycles. The molecular weight excluding hydrogens is 338 g/mol. The second kappa shape index (κ2) is 12.0. The summed E-state index contributed by atoms with van der Waals surface area (Å²) >= 11 is 3.45. The highest BCUT2D eigenvalue weighted by atomic mass is 79.9. The number of hydrogen-bond acceptors (Lipinski definition) is 1. The third-order valence-corrected chi connectivity index (χ3v) is 4.04. The average Bonchev–Trinajstić information content (AvgIpc) is 2.49. The van der Waals surface area contributed by atoms with Gasteiger partial charge >= 0.3 is 0 Å². The minimum Gasteiger partial charge on any atom is -0.493 e. The van der Waals surface area contributed by atoms with Crippen molar-refractivity contribution < 1.29 is 13.5 Å². The Bertz CT molecular complexity index is 372. The van der Waals surface area contributed by atoms with Gasteiger partial charge in [-0.2, -0.15) is 0 Å². The van der Waals surface area contributed by atoms with Crippen LogP contribution in [-0.4, -0.2) is 13.0 Å². The fraction of sp³-hybridized carbons (Fsp3) is 0.647. The molecule has 1 aromatic carbocycles. The Kier molecular flexibility index (Phi) is 10.5. The molecule has 0 fully saturated rings. The van der Waals surface area contributed by atoms with Gasteiger partial charge in [0.15, 0.2) is 0 Å². The Balaban J connectivity index is 1.95. The van der Waals surface area contributed by atoms with Gasteiger partial charge in [0, 0.05) is 17.3 Å². The van der Waals surface area contributed by atoms with Crippen LogP contribution in [-0.2, 0) is 5.33 Å². The maximum absolute atomic E-state index is 11.9. The number of unbranched alkanes of at least 4 members (excludes halogenated alkanes) is 6. The maximum Gasteiger partial charge on any atom is 0.238 e. The van der Waals surface area contributed by atoms with Crippen LogP contribution in [0.25, 0.3) is 0 Å². The molecule has 120 valence electrons. The summed E-state index contributed by atoms with van der Waals surface area (Å²) in [6, 6.07) is 8.06. The molecule has 0 aliphatic heterocycles. The van der Waals surface area contributed by atoms with E-state index >= 15 is 0 Å². The molecule has 0 aliphatic rings. The normalized spacial score (nSPS) is 11.0. The van der Waals surface area contributed by atoms with E-state index in [0.29, 0.717) is 6.42 Å². The van der Waals surface area contributed by atoms with E-state index in [1.54, 1.807) is 0 Å². The second-order valence-electron chi connectivity index (χ2n) is 5.24. The van der Waals surface area contributed by atoms with E-state index in [0.717, 1.165) is 56.2 Å². The first-order valence-corrected chi connectivity index (χ1v) is 8.91. The Morgan fingerprint density at radius 1 is 0.905 bits per heavy atom. The van der Waals surface area contributed by atoms with Gasteiger partial charge in [-0.25, -0.2) is 8.78 Å². The summed E-state index contributed by atoms with van der Waals surface area (Å²) in [6.45, 7) is 0.745. The van der Waals surface area contributed by atoms with E-state index in [4.69, 9.17) is 4.74 Å². The zero-order valence-corrected chi connectivity index (χ0v) is 14.1. The van der Waals surface area contributed by atoms with Crippen molar-refractivity contribution in [2.75, 3.05) is 6.61 Å². The second-order valence-corrected chi connectivity index (χ2v) is 5.81. The van der Waals surface area contributed by atoms with E-state index in [2.05, 4.69) is 22.0 Å². The fourth-order valence-corrected chi connectivity index (χ4v) is 2.68. The third kappa shape index (κ3) is 9.07. The molecule has 1 aromatic rings. The van der Waals surface area contributed by atoms with Crippen molar-refractivity contribution in [2.45, 2.75) is 63.1 Å². The zero-order chi connectivity index (χ0) is 15.3. The van der Waals surface area contributed by atoms with Gasteiger partial charge in [-0.1, -0.05) is 66.2 Å². The maximum atomic E-state index is 11.9. The first kappa shape index (κ1) is 18.4. The topological polar surface area (TPSA) is 9.23 Å². The van der Waals surface area contributed by atoms with Crippen LogP contribution in [0.5, 0.6) is 5.75 Å². The highest BCUT2D eigenvalue weighted by Crippen LogP contribution is 2.20. The zero-order valence-electron chi connectivity index (χ0n) is 12.5. The highest BCUT2D eigenvalue weighted by molar-refractivity contribution is 9.08. The van der Waals surface area contributed by atoms with Crippen molar-refractivity contribution in [2.24, 2.45) is 0 Å². The first-order valence-electron chi connectivity index (χ1n) is 7.79. The summed E-state index contributed by atoms with van der Waals surface area (Å²) in [5, 5.41) is 0.807. The van der Waals surface area contributed by atoms with Crippen LogP contribution in [0.3, 0.4) is 0 Å². The lowest BCUT2D eigenvalue weighted by Gasteiger charge is -2.09. The number of para-hydroxylation sites is 1. The molecule has 21 heavy (non-hydrogen) atoms. The van der Waals surface area contributed by atoms with E-state index in [1.165, 1.54) is 5.56 Å². The molecule has 0 spiro atoms. The Labute approximate surface area is 135 Å². The summed E-state index contributed by atoms with van der Waals surface area (Å²) in [5.74, 6) is 0.960. The Hall–Kier alpha value is -0.640. The lowest BCUT2D eigenvalue weighted by molar-refractivity contribution is 0.133. The first-order chi connectivity index (χ1) is 10.2. The van der Waals surface area contributed by atoms with Gasteiger partial charge in [0.05, 0.1) is 6.61 Å². The summed E-state index contributed by atoms with van der Waals surface area (Å²) in [7, 11) is 0. The molecule has 4 heteroatoms. The van der Waals surface area contributed by atoms with Gasteiger partial charge in [-0.05, 0) is 18.9 Å². The molecule has 1 nitrogen and oxygen atoms in total. The number of ether oxygens (including phenoxy) is 1. The van der Waals surface area contributed by atoms with Crippen LogP contribution < -0.4 is 4.74 Å². The molecule has 0 N–H and O–H groups in total. The molecule has 0 heterocycles. The van der Waals surface area contributed by atoms with Crippen LogP contribution in [0, 0.1) is 0 Å². The standard InChI is InChI=1S/C17H25BrF2O/c18-14-15-10-7-8-11-16(15)21-13-9-5-3-1-2-4-6-12-17(19)20/h7-8,10-11,17H,1-6,9,12-14H2. The van der Waals surface area contributed by atoms with E-state index < -0.39 is 6.43 Å². The largest absolute Gasteiger partial charge is 0.493 e. The van der Waals surface area contributed by atoms with Gasteiger partial charge in [-0.3, -0.25) is 0 Å². The minimum atomic E-state index is -2.13. The summed E-state index contributed by atoms with van der Waals surface area (Å²) in [5.41, 5.74) is 1.18. The molecule has 0 atom stereocenters. The molecule has 0 unspecified atom stereocenters. The number of rotatable bonds is 12. The van der Waals surface area contributed by atoms with Crippen LogP contribution >= 0.6 is 15.9 Å². The number of benzene rings is 1. The predicted octanol–water partition coefficient (Wildman–Crippen LogP) is 6.35. The molecular formula is C17H25BrF2O. The van der Waals surface area contributed by atoms with E-state index in [1.807, 2.05) is 18.2 Å². The number of halogens is 3. The van der Waals surface area contributed by atoms with Crippen molar-refractivity contribution in [3.63, 3.8) is 0 Å². The van der Waals surface area contributed by atoms with Gasteiger partial charge in [0.25, 0.3) is 0 Å². The lowest BCUT2D eigenvalue weighted by atomic mass is 10.1. The summed E-state index contributed by atoms with van der Waals surface area (Å²) in [6.07, 6.45) is 5.08.